The van der Waals surface area contributed by atoms with E-state index in [4.69, 9.17) is 21.1 Å². The zero-order chi connectivity index (χ0) is 18.7. The van der Waals surface area contributed by atoms with E-state index in [0.717, 1.165) is 22.6 Å². The second-order valence-electron chi connectivity index (χ2n) is 6.41. The number of amides is 1. The molecular weight excluding hydrogens is 354 g/mol. The van der Waals surface area contributed by atoms with Gasteiger partial charge in [0.2, 0.25) is 5.91 Å². The number of rotatable bonds is 5. The Morgan fingerprint density at radius 3 is 2.73 bits per heavy atom. The van der Waals surface area contributed by atoms with E-state index in [1.165, 1.54) is 0 Å². The quantitative estimate of drug-likeness (QED) is 0.643. The first-order chi connectivity index (χ1) is 12.4. The highest BCUT2D eigenvalue weighted by Gasteiger charge is 2.33. The number of hydrogen-bond acceptors (Lipinski definition) is 4. The SMILES string of the molecule is Cc1cc(/C=N\NC(=O)CC2(C)OCCO2)c(C)n1-c1ccccc1Cl. The number of ether oxygens (including phenoxy) is 2. The molecule has 1 aliphatic rings. The van der Waals surface area contributed by atoms with Crippen molar-refractivity contribution >= 4 is 23.7 Å². The molecule has 1 saturated heterocycles. The van der Waals surface area contributed by atoms with Crippen molar-refractivity contribution in [3.63, 3.8) is 0 Å². The molecule has 7 heteroatoms. The fraction of sp³-hybridized carbons (Fsp3) is 0.368. The number of hydrogen-bond donors (Lipinski definition) is 1. The van der Waals surface area contributed by atoms with Gasteiger partial charge >= 0.3 is 0 Å². The molecule has 0 unspecified atom stereocenters. The summed E-state index contributed by atoms with van der Waals surface area (Å²) in [6.45, 7) is 6.74. The minimum Gasteiger partial charge on any atom is -0.347 e. The molecule has 0 saturated carbocycles. The smallest absolute Gasteiger partial charge is 0.245 e. The number of carbonyl (C=O) groups excluding carboxylic acids is 1. The Bertz CT molecular complexity index is 839. The molecule has 2 aromatic rings. The lowest BCUT2D eigenvalue weighted by Crippen LogP contribution is -2.33. The highest BCUT2D eigenvalue weighted by Crippen LogP contribution is 2.26. The van der Waals surface area contributed by atoms with Gasteiger partial charge in [0.25, 0.3) is 0 Å². The van der Waals surface area contributed by atoms with Crippen molar-refractivity contribution < 1.29 is 14.3 Å². The number of benzene rings is 1. The number of nitrogens with one attached hydrogen (secondary N) is 1. The van der Waals surface area contributed by atoms with Gasteiger partial charge in [-0.1, -0.05) is 23.7 Å². The normalized spacial score (nSPS) is 16.3. The molecule has 1 aliphatic heterocycles. The number of halogens is 1. The highest BCUT2D eigenvalue weighted by atomic mass is 35.5. The summed E-state index contributed by atoms with van der Waals surface area (Å²) < 4.78 is 12.9. The van der Waals surface area contributed by atoms with Crippen LogP contribution < -0.4 is 5.43 Å². The van der Waals surface area contributed by atoms with E-state index < -0.39 is 5.79 Å². The lowest BCUT2D eigenvalue weighted by Gasteiger charge is -2.20. The maximum Gasteiger partial charge on any atom is 0.245 e. The van der Waals surface area contributed by atoms with Gasteiger partial charge in [-0.05, 0) is 39.0 Å². The Labute approximate surface area is 157 Å². The molecule has 26 heavy (non-hydrogen) atoms. The monoisotopic (exact) mass is 375 g/mol. The van der Waals surface area contributed by atoms with Crippen molar-refractivity contribution in [2.24, 2.45) is 5.10 Å². The zero-order valence-electron chi connectivity index (χ0n) is 15.1. The Kier molecular flexibility index (Phi) is 5.46. The summed E-state index contributed by atoms with van der Waals surface area (Å²) in [5, 5.41) is 4.74. The maximum atomic E-state index is 12.0. The third kappa shape index (κ3) is 3.98. The lowest BCUT2D eigenvalue weighted by molar-refractivity contribution is -0.159. The molecule has 1 aromatic carbocycles. The summed E-state index contributed by atoms with van der Waals surface area (Å²) in [6.07, 6.45) is 1.73. The third-order valence-corrected chi connectivity index (χ3v) is 4.66. The Morgan fingerprint density at radius 2 is 2.04 bits per heavy atom. The average molecular weight is 376 g/mol. The van der Waals surface area contributed by atoms with Crippen molar-refractivity contribution in [3.05, 3.63) is 52.3 Å². The molecule has 0 spiro atoms. The number of para-hydroxylation sites is 1. The van der Waals surface area contributed by atoms with Crippen LogP contribution in [0.4, 0.5) is 0 Å². The van der Waals surface area contributed by atoms with Crippen LogP contribution in [0.1, 0.15) is 30.3 Å². The number of carbonyl (C=O) groups is 1. The minimum atomic E-state index is -0.862. The molecule has 2 heterocycles. The predicted octanol–water partition coefficient (Wildman–Crippen LogP) is 3.35. The van der Waals surface area contributed by atoms with E-state index in [1.807, 2.05) is 44.2 Å². The van der Waals surface area contributed by atoms with Crippen LogP contribution in [0.25, 0.3) is 5.69 Å². The van der Waals surface area contributed by atoms with Crippen molar-refractivity contribution in [2.45, 2.75) is 33.0 Å². The zero-order valence-corrected chi connectivity index (χ0v) is 15.8. The molecule has 1 amide bonds. The minimum absolute atomic E-state index is 0.100. The molecule has 0 aliphatic carbocycles. The summed E-state index contributed by atoms with van der Waals surface area (Å²) in [5.41, 5.74) is 6.36. The molecule has 6 nitrogen and oxygen atoms in total. The number of hydrazone groups is 1. The first kappa shape index (κ1) is 18.6. The lowest BCUT2D eigenvalue weighted by atomic mass is 10.2. The van der Waals surface area contributed by atoms with Gasteiger partial charge in [-0.15, -0.1) is 0 Å². The topological polar surface area (TPSA) is 64.8 Å². The summed E-state index contributed by atoms with van der Waals surface area (Å²) in [7, 11) is 0. The maximum absolute atomic E-state index is 12.0. The number of aryl methyl sites for hydroxylation is 1. The van der Waals surface area contributed by atoms with Gasteiger partial charge in [0.1, 0.15) is 0 Å². The molecule has 138 valence electrons. The summed E-state index contributed by atoms with van der Waals surface area (Å²) in [4.78, 5) is 12.0. The van der Waals surface area contributed by atoms with Crippen LogP contribution in [0.2, 0.25) is 5.02 Å². The van der Waals surface area contributed by atoms with Crippen LogP contribution in [0.15, 0.2) is 35.4 Å². The molecule has 1 N–H and O–H groups in total. The van der Waals surface area contributed by atoms with Gasteiger partial charge in [-0.2, -0.15) is 5.10 Å². The van der Waals surface area contributed by atoms with Crippen LogP contribution in [-0.4, -0.2) is 35.7 Å². The second-order valence-corrected chi connectivity index (χ2v) is 6.82. The molecule has 1 aromatic heterocycles. The first-order valence-electron chi connectivity index (χ1n) is 8.43. The van der Waals surface area contributed by atoms with E-state index in [-0.39, 0.29) is 12.3 Å². The van der Waals surface area contributed by atoms with E-state index in [2.05, 4.69) is 15.1 Å². The van der Waals surface area contributed by atoms with E-state index >= 15 is 0 Å². The first-order valence-corrected chi connectivity index (χ1v) is 8.81. The molecule has 3 rings (SSSR count). The van der Waals surface area contributed by atoms with Crippen LogP contribution in [0.5, 0.6) is 0 Å². The number of aromatic nitrogens is 1. The third-order valence-electron chi connectivity index (χ3n) is 4.34. The summed E-state index contributed by atoms with van der Waals surface area (Å²) >= 11 is 6.32. The van der Waals surface area contributed by atoms with E-state index in [9.17, 15) is 4.79 Å². The van der Waals surface area contributed by atoms with Gasteiger partial charge in [0.05, 0.1) is 36.6 Å². The highest BCUT2D eigenvalue weighted by molar-refractivity contribution is 6.32. The number of nitrogens with zero attached hydrogens (tertiary/aromatic N) is 2. The van der Waals surface area contributed by atoms with Crippen LogP contribution in [-0.2, 0) is 14.3 Å². The van der Waals surface area contributed by atoms with E-state index in [0.29, 0.717) is 18.2 Å². The van der Waals surface area contributed by atoms with Crippen molar-refractivity contribution in [3.8, 4) is 5.69 Å². The van der Waals surface area contributed by atoms with Gasteiger partial charge in [0.15, 0.2) is 5.79 Å². The van der Waals surface area contributed by atoms with Gasteiger partial charge in [-0.25, -0.2) is 5.43 Å². The fourth-order valence-corrected chi connectivity index (χ4v) is 3.31. The Hall–Kier alpha value is -2.15. The van der Waals surface area contributed by atoms with Crippen molar-refractivity contribution in [1.82, 2.24) is 9.99 Å². The molecule has 0 bridgehead atoms. The average Bonchev–Trinajstić information content (AvgIpc) is 3.12. The van der Waals surface area contributed by atoms with Crippen LogP contribution in [0, 0.1) is 13.8 Å². The summed E-state index contributed by atoms with van der Waals surface area (Å²) in [5.74, 6) is -1.12. The Morgan fingerprint density at radius 1 is 1.35 bits per heavy atom. The molecule has 0 atom stereocenters. The van der Waals surface area contributed by atoms with Gasteiger partial charge in [0, 0.05) is 17.0 Å². The van der Waals surface area contributed by atoms with Crippen molar-refractivity contribution in [2.75, 3.05) is 13.2 Å². The standard InChI is InChI=1S/C19H22ClN3O3/c1-13-10-15(14(2)23(13)17-7-5-4-6-16(17)20)12-21-22-18(24)11-19(3)25-8-9-26-19/h4-7,10,12H,8-9,11H2,1-3H3,(H,22,24)/b21-12-. The van der Waals surface area contributed by atoms with Crippen LogP contribution >= 0.6 is 11.6 Å². The Balaban J connectivity index is 1.71. The van der Waals surface area contributed by atoms with E-state index in [1.54, 1.807) is 13.1 Å². The fourth-order valence-electron chi connectivity index (χ4n) is 3.09. The molecule has 0 radical (unpaired) electrons. The predicted molar refractivity (Wildman–Crippen MR) is 101 cm³/mol. The van der Waals surface area contributed by atoms with Gasteiger partial charge < -0.3 is 14.0 Å². The van der Waals surface area contributed by atoms with Crippen molar-refractivity contribution in [1.29, 1.82) is 0 Å². The summed E-state index contributed by atoms with van der Waals surface area (Å²) in [6, 6.07) is 9.67. The van der Waals surface area contributed by atoms with Gasteiger partial charge in [-0.3, -0.25) is 4.79 Å². The second kappa shape index (κ2) is 7.61. The van der Waals surface area contributed by atoms with Crippen LogP contribution in [0.3, 0.4) is 0 Å². The molecular formula is C19H22ClN3O3. The largest absolute Gasteiger partial charge is 0.347 e. The molecule has 1 fully saturated rings.